The van der Waals surface area contributed by atoms with Crippen LogP contribution in [0, 0.1) is 6.92 Å². The molecule has 0 bridgehead atoms. The van der Waals surface area contributed by atoms with E-state index in [-0.39, 0.29) is 0 Å². The quantitative estimate of drug-likeness (QED) is 0.666. The third-order valence-electron chi connectivity index (χ3n) is 4.67. The van der Waals surface area contributed by atoms with Gasteiger partial charge in [0.05, 0.1) is 11.8 Å². The smallest absolute Gasteiger partial charge is 0.335 e. The zero-order chi connectivity index (χ0) is 17.4. The van der Waals surface area contributed by atoms with Crippen molar-refractivity contribution in [3.05, 3.63) is 64.5 Å². The molecule has 0 saturated carbocycles. The van der Waals surface area contributed by atoms with Gasteiger partial charge in [0, 0.05) is 18.2 Å². The third-order valence-corrected chi connectivity index (χ3v) is 4.67. The van der Waals surface area contributed by atoms with E-state index in [1.807, 2.05) is 31.3 Å². The molecule has 2 aromatic heterocycles. The van der Waals surface area contributed by atoms with Gasteiger partial charge in [0.2, 0.25) is 0 Å². The molecular weight excluding hydrogens is 318 g/mol. The number of aromatic carboxylic acids is 1. The van der Waals surface area contributed by atoms with Crippen molar-refractivity contribution in [3.63, 3.8) is 0 Å². The van der Waals surface area contributed by atoms with Crippen molar-refractivity contribution < 1.29 is 14.3 Å². The molecule has 1 atom stereocenters. The van der Waals surface area contributed by atoms with E-state index >= 15 is 0 Å². The first-order chi connectivity index (χ1) is 12.1. The van der Waals surface area contributed by atoms with Gasteiger partial charge in [-0.15, -0.1) is 0 Å². The van der Waals surface area contributed by atoms with Crippen LogP contribution >= 0.6 is 0 Å². The maximum Gasteiger partial charge on any atom is 0.335 e. The number of furan rings is 1. The predicted octanol–water partition coefficient (Wildman–Crippen LogP) is 2.93. The predicted molar refractivity (Wildman–Crippen MR) is 92.5 cm³/mol. The van der Waals surface area contributed by atoms with Crippen molar-refractivity contribution in [1.29, 1.82) is 0 Å². The second kappa shape index (κ2) is 6.22. The Morgan fingerprint density at radius 2 is 2.16 bits per heavy atom. The molecule has 0 saturated heterocycles. The summed E-state index contributed by atoms with van der Waals surface area (Å²) >= 11 is 0. The van der Waals surface area contributed by atoms with E-state index in [0.29, 0.717) is 18.2 Å². The number of fused-ring (bicyclic) bond motifs is 1. The zero-order valence-corrected chi connectivity index (χ0v) is 13.9. The maximum atomic E-state index is 11.1. The molecule has 6 heteroatoms. The lowest BCUT2D eigenvalue weighted by Gasteiger charge is -2.11. The van der Waals surface area contributed by atoms with Crippen LogP contribution in [0.15, 0.2) is 40.9 Å². The fourth-order valence-corrected chi connectivity index (χ4v) is 3.38. The Kier molecular flexibility index (Phi) is 3.89. The van der Waals surface area contributed by atoms with Crippen molar-refractivity contribution in [2.45, 2.75) is 32.4 Å². The Balaban J connectivity index is 1.43. The zero-order valence-electron chi connectivity index (χ0n) is 13.9. The molecule has 1 aliphatic carbocycles. The van der Waals surface area contributed by atoms with E-state index in [9.17, 15) is 4.79 Å². The Hall–Kier alpha value is -2.86. The van der Waals surface area contributed by atoms with Crippen molar-refractivity contribution >= 4 is 5.97 Å². The summed E-state index contributed by atoms with van der Waals surface area (Å²) in [5, 5.41) is 19.8. The second-order valence-corrected chi connectivity index (χ2v) is 6.46. The van der Waals surface area contributed by atoms with E-state index < -0.39 is 5.97 Å². The molecule has 3 aromatic rings. The third kappa shape index (κ3) is 3.08. The highest BCUT2D eigenvalue weighted by atomic mass is 16.4. The van der Waals surface area contributed by atoms with E-state index in [4.69, 9.17) is 9.52 Å². The molecule has 1 aromatic carbocycles. The van der Waals surface area contributed by atoms with Crippen molar-refractivity contribution in [3.8, 4) is 11.5 Å². The highest BCUT2D eigenvalue weighted by molar-refractivity contribution is 5.88. The summed E-state index contributed by atoms with van der Waals surface area (Å²) in [6, 6.07) is 9.55. The minimum atomic E-state index is -0.879. The highest BCUT2D eigenvalue weighted by Crippen LogP contribution is 2.26. The molecule has 25 heavy (non-hydrogen) atoms. The number of carbonyl (C=O) groups is 1. The van der Waals surface area contributed by atoms with E-state index in [0.717, 1.165) is 41.2 Å². The van der Waals surface area contributed by atoms with Gasteiger partial charge in [0.25, 0.3) is 0 Å². The maximum absolute atomic E-state index is 11.1. The number of rotatable bonds is 5. The number of carboxylic acid groups (broad SMARTS) is 1. The van der Waals surface area contributed by atoms with E-state index in [1.165, 1.54) is 5.56 Å². The van der Waals surface area contributed by atoms with Gasteiger partial charge in [-0.2, -0.15) is 5.10 Å². The van der Waals surface area contributed by atoms with Crippen LogP contribution in [-0.4, -0.2) is 27.3 Å². The molecular formula is C19H19N3O3. The van der Waals surface area contributed by atoms with Crippen molar-refractivity contribution in [1.82, 2.24) is 15.5 Å². The fraction of sp³-hybridized carbons (Fsp3) is 0.263. The van der Waals surface area contributed by atoms with Gasteiger partial charge >= 0.3 is 5.97 Å². The number of hydrogen-bond acceptors (Lipinski definition) is 4. The van der Waals surface area contributed by atoms with Crippen molar-refractivity contribution in [2.24, 2.45) is 0 Å². The van der Waals surface area contributed by atoms with E-state index in [2.05, 4.69) is 15.5 Å². The van der Waals surface area contributed by atoms with Crippen LogP contribution in [0.25, 0.3) is 11.5 Å². The number of nitrogens with one attached hydrogen (secondary N) is 2. The molecule has 0 aliphatic heterocycles. The molecule has 0 fully saturated rings. The first kappa shape index (κ1) is 15.7. The summed E-state index contributed by atoms with van der Waals surface area (Å²) in [4.78, 5) is 11.1. The molecule has 0 spiro atoms. The number of aromatic nitrogens is 2. The van der Waals surface area contributed by atoms with Crippen LogP contribution in [0.4, 0.5) is 0 Å². The molecule has 6 nitrogen and oxygen atoms in total. The van der Waals surface area contributed by atoms with Crippen LogP contribution in [0.3, 0.4) is 0 Å². The Morgan fingerprint density at radius 1 is 1.32 bits per heavy atom. The lowest BCUT2D eigenvalue weighted by atomic mass is 10.1. The van der Waals surface area contributed by atoms with Gasteiger partial charge in [-0.05, 0) is 55.2 Å². The minimum Gasteiger partial charge on any atom is -0.478 e. The van der Waals surface area contributed by atoms with Crippen LogP contribution in [0.5, 0.6) is 0 Å². The van der Waals surface area contributed by atoms with Crippen LogP contribution in [0.2, 0.25) is 0 Å². The molecule has 3 N–H and O–H groups in total. The Labute approximate surface area is 144 Å². The summed E-state index contributed by atoms with van der Waals surface area (Å²) in [5.74, 6) is 0.771. The first-order valence-corrected chi connectivity index (χ1v) is 8.27. The number of carboxylic acids is 1. The number of nitrogens with zero attached hydrogens (tertiary/aromatic N) is 1. The standard InChI is InChI=1S/C19H19N3O3/c1-11-2-5-17(25-11)18-15(10-21-22-18)9-20-16-7-12-3-4-13(19(23)24)6-14(12)8-16/h2-6,10,16,20H,7-9H2,1H3,(H,21,22)(H,23,24). The molecule has 1 unspecified atom stereocenters. The van der Waals surface area contributed by atoms with Gasteiger partial charge in [0.1, 0.15) is 11.5 Å². The molecule has 4 rings (SSSR count). The SMILES string of the molecule is Cc1ccc(-c2[nH]ncc2CNC2Cc3ccc(C(=O)O)cc3C2)o1. The Morgan fingerprint density at radius 3 is 2.92 bits per heavy atom. The average Bonchev–Trinajstić information content (AvgIpc) is 3.30. The van der Waals surface area contributed by atoms with E-state index in [1.54, 1.807) is 12.1 Å². The van der Waals surface area contributed by atoms with Gasteiger partial charge in [-0.1, -0.05) is 6.07 Å². The van der Waals surface area contributed by atoms with Crippen LogP contribution in [0.1, 0.15) is 32.8 Å². The molecule has 128 valence electrons. The minimum absolute atomic E-state index is 0.292. The Bertz CT molecular complexity index is 926. The average molecular weight is 337 g/mol. The summed E-state index contributed by atoms with van der Waals surface area (Å²) < 4.78 is 5.67. The largest absolute Gasteiger partial charge is 0.478 e. The molecule has 0 amide bonds. The molecule has 1 aliphatic rings. The van der Waals surface area contributed by atoms with Crippen molar-refractivity contribution in [2.75, 3.05) is 0 Å². The number of aryl methyl sites for hydroxylation is 1. The van der Waals surface area contributed by atoms with Gasteiger partial charge in [0.15, 0.2) is 5.76 Å². The topological polar surface area (TPSA) is 91.2 Å². The number of aromatic amines is 1. The highest BCUT2D eigenvalue weighted by Gasteiger charge is 2.23. The second-order valence-electron chi connectivity index (χ2n) is 6.46. The lowest BCUT2D eigenvalue weighted by molar-refractivity contribution is 0.0696. The van der Waals surface area contributed by atoms with Gasteiger partial charge < -0.3 is 14.8 Å². The lowest BCUT2D eigenvalue weighted by Crippen LogP contribution is -2.29. The summed E-state index contributed by atoms with van der Waals surface area (Å²) in [6.07, 6.45) is 3.55. The summed E-state index contributed by atoms with van der Waals surface area (Å²) in [5.41, 5.74) is 4.63. The molecule has 0 radical (unpaired) electrons. The summed E-state index contributed by atoms with van der Waals surface area (Å²) in [6.45, 7) is 2.59. The monoisotopic (exact) mass is 337 g/mol. The van der Waals surface area contributed by atoms with Crippen LogP contribution < -0.4 is 5.32 Å². The normalized spacial score (nSPS) is 16.1. The van der Waals surface area contributed by atoms with Gasteiger partial charge in [-0.25, -0.2) is 4.79 Å². The number of benzene rings is 1. The fourth-order valence-electron chi connectivity index (χ4n) is 3.38. The number of hydrogen-bond donors (Lipinski definition) is 3. The van der Waals surface area contributed by atoms with Crippen LogP contribution in [-0.2, 0) is 19.4 Å². The molecule has 2 heterocycles. The number of H-pyrrole nitrogens is 1. The summed E-state index contributed by atoms with van der Waals surface area (Å²) in [7, 11) is 0. The van der Waals surface area contributed by atoms with Gasteiger partial charge in [-0.3, -0.25) is 5.10 Å². The first-order valence-electron chi connectivity index (χ1n) is 8.27.